The Morgan fingerprint density at radius 2 is 1.81 bits per heavy atom. The molecule has 168 valence electrons. The van der Waals surface area contributed by atoms with Gasteiger partial charge in [-0.2, -0.15) is 5.10 Å². The maximum atomic E-state index is 5.80. The van der Waals surface area contributed by atoms with Crippen molar-refractivity contribution in [3.8, 4) is 22.8 Å². The number of fused-ring (bicyclic) bond motifs is 1. The molecule has 3 heterocycles. The molecule has 2 aliphatic heterocycles. The molecule has 0 spiro atoms. The van der Waals surface area contributed by atoms with E-state index in [2.05, 4.69) is 66.5 Å². The molecule has 2 aromatic carbocycles. The number of aryl methyl sites for hydroxylation is 1. The van der Waals surface area contributed by atoms with Gasteiger partial charge in [0.1, 0.15) is 13.2 Å². The summed E-state index contributed by atoms with van der Waals surface area (Å²) >= 11 is 0. The lowest BCUT2D eigenvalue weighted by molar-refractivity contribution is 0.171. The van der Waals surface area contributed by atoms with Crippen LogP contribution < -0.4 is 9.47 Å². The van der Waals surface area contributed by atoms with Gasteiger partial charge in [0.15, 0.2) is 11.5 Å². The largest absolute Gasteiger partial charge is 0.486 e. The maximum absolute atomic E-state index is 5.80. The Balaban J connectivity index is 1.37. The number of hydrogen-bond donors (Lipinski definition) is 0. The summed E-state index contributed by atoms with van der Waals surface area (Å²) < 4.78 is 13.4. The van der Waals surface area contributed by atoms with Crippen molar-refractivity contribution in [2.75, 3.05) is 33.9 Å². The first-order valence-electron chi connectivity index (χ1n) is 11.5. The SMILES string of the molecule is CN(C)Cc1ccc(C2CCCN2Cc2cn(C)nc2-c2ccc3c(c2)OCCO3)cc1. The van der Waals surface area contributed by atoms with Gasteiger partial charge >= 0.3 is 0 Å². The van der Waals surface area contributed by atoms with E-state index in [0.717, 1.165) is 42.4 Å². The van der Waals surface area contributed by atoms with E-state index in [9.17, 15) is 0 Å². The molecule has 0 radical (unpaired) electrons. The molecule has 5 rings (SSSR count). The highest BCUT2D eigenvalue weighted by atomic mass is 16.6. The summed E-state index contributed by atoms with van der Waals surface area (Å²) in [5.74, 6) is 1.62. The first-order chi connectivity index (χ1) is 15.6. The van der Waals surface area contributed by atoms with Crippen LogP contribution in [0.15, 0.2) is 48.7 Å². The summed E-state index contributed by atoms with van der Waals surface area (Å²) in [6.07, 6.45) is 4.58. The second kappa shape index (κ2) is 8.96. The smallest absolute Gasteiger partial charge is 0.162 e. The van der Waals surface area contributed by atoms with Crippen molar-refractivity contribution >= 4 is 0 Å². The molecule has 1 fully saturated rings. The molecule has 32 heavy (non-hydrogen) atoms. The van der Waals surface area contributed by atoms with Crippen molar-refractivity contribution in [3.05, 3.63) is 65.4 Å². The van der Waals surface area contributed by atoms with Gasteiger partial charge in [-0.05, 0) is 62.8 Å². The van der Waals surface area contributed by atoms with Crippen LogP contribution in [-0.2, 0) is 20.1 Å². The van der Waals surface area contributed by atoms with Crippen molar-refractivity contribution < 1.29 is 9.47 Å². The molecule has 3 aromatic rings. The third kappa shape index (κ3) is 4.38. The van der Waals surface area contributed by atoms with E-state index >= 15 is 0 Å². The molecule has 6 heteroatoms. The van der Waals surface area contributed by atoms with Gasteiger partial charge in [0.2, 0.25) is 0 Å². The molecule has 1 aromatic heterocycles. The van der Waals surface area contributed by atoms with Gasteiger partial charge in [-0.25, -0.2) is 0 Å². The molecular formula is C26H32N4O2. The summed E-state index contributed by atoms with van der Waals surface area (Å²) in [5, 5.41) is 4.80. The van der Waals surface area contributed by atoms with E-state index in [0.29, 0.717) is 19.3 Å². The van der Waals surface area contributed by atoms with Crippen LogP contribution in [0.4, 0.5) is 0 Å². The summed E-state index contributed by atoms with van der Waals surface area (Å²) in [5.41, 5.74) is 6.12. The summed E-state index contributed by atoms with van der Waals surface area (Å²) in [6, 6.07) is 15.8. The number of hydrogen-bond acceptors (Lipinski definition) is 5. The van der Waals surface area contributed by atoms with E-state index in [1.54, 1.807) is 0 Å². The van der Waals surface area contributed by atoms with E-state index in [1.165, 1.54) is 29.5 Å². The highest BCUT2D eigenvalue weighted by Gasteiger charge is 2.27. The zero-order chi connectivity index (χ0) is 22.1. The Labute approximate surface area is 190 Å². The third-order valence-electron chi connectivity index (χ3n) is 6.32. The van der Waals surface area contributed by atoms with Gasteiger partial charge in [-0.1, -0.05) is 24.3 Å². The highest BCUT2D eigenvalue weighted by Crippen LogP contribution is 2.37. The predicted octanol–water partition coefficient (Wildman–Crippen LogP) is 4.26. The molecule has 1 saturated heterocycles. The summed E-state index contributed by atoms with van der Waals surface area (Å²) in [6.45, 7) is 4.17. The fourth-order valence-electron chi connectivity index (χ4n) is 4.91. The van der Waals surface area contributed by atoms with Crippen molar-refractivity contribution in [2.45, 2.75) is 32.0 Å². The van der Waals surface area contributed by atoms with E-state index in [4.69, 9.17) is 14.6 Å². The zero-order valence-corrected chi connectivity index (χ0v) is 19.3. The van der Waals surface area contributed by atoms with Gasteiger partial charge in [0, 0.05) is 43.5 Å². The Bertz CT molecular complexity index is 1070. The van der Waals surface area contributed by atoms with Gasteiger partial charge in [-0.15, -0.1) is 0 Å². The number of nitrogens with zero attached hydrogens (tertiary/aromatic N) is 4. The van der Waals surface area contributed by atoms with Crippen LogP contribution >= 0.6 is 0 Å². The van der Waals surface area contributed by atoms with Crippen LogP contribution in [0.25, 0.3) is 11.3 Å². The zero-order valence-electron chi connectivity index (χ0n) is 19.3. The molecule has 0 amide bonds. The van der Waals surface area contributed by atoms with Crippen LogP contribution in [-0.4, -0.2) is 53.4 Å². The Hall–Kier alpha value is -2.83. The minimum atomic E-state index is 0.455. The molecule has 6 nitrogen and oxygen atoms in total. The summed E-state index contributed by atoms with van der Waals surface area (Å²) in [7, 11) is 6.22. The van der Waals surface area contributed by atoms with Crippen LogP contribution in [0.5, 0.6) is 11.5 Å². The number of benzene rings is 2. The lowest BCUT2D eigenvalue weighted by Gasteiger charge is -2.25. The van der Waals surface area contributed by atoms with Gasteiger partial charge in [0.25, 0.3) is 0 Å². The van der Waals surface area contributed by atoms with E-state index < -0.39 is 0 Å². The standard InChI is InChI=1S/C26H32N4O2/c1-28(2)16-19-6-8-20(9-7-19)23-5-4-12-30(23)18-22-17-29(3)27-26(22)21-10-11-24-25(15-21)32-14-13-31-24/h6-11,15,17,23H,4-5,12-14,16,18H2,1-3H3. The van der Waals surface area contributed by atoms with Crippen LogP contribution in [0.2, 0.25) is 0 Å². The molecule has 1 unspecified atom stereocenters. The normalized spacial score (nSPS) is 18.4. The van der Waals surface area contributed by atoms with Crippen LogP contribution in [0.3, 0.4) is 0 Å². The highest BCUT2D eigenvalue weighted by molar-refractivity contribution is 5.67. The van der Waals surface area contributed by atoms with E-state index in [1.807, 2.05) is 17.8 Å². The summed E-state index contributed by atoms with van der Waals surface area (Å²) in [4.78, 5) is 4.80. The number of ether oxygens (including phenoxy) is 2. The minimum absolute atomic E-state index is 0.455. The lowest BCUT2D eigenvalue weighted by atomic mass is 10.0. The second-order valence-electron chi connectivity index (χ2n) is 9.14. The first-order valence-corrected chi connectivity index (χ1v) is 11.5. The molecule has 0 N–H and O–H groups in total. The topological polar surface area (TPSA) is 42.8 Å². The van der Waals surface area contributed by atoms with Crippen LogP contribution in [0.1, 0.15) is 35.6 Å². The van der Waals surface area contributed by atoms with Crippen molar-refractivity contribution in [1.82, 2.24) is 19.6 Å². The maximum Gasteiger partial charge on any atom is 0.162 e. The first kappa shape index (κ1) is 21.0. The Kier molecular flexibility index (Phi) is 5.89. The quantitative estimate of drug-likeness (QED) is 0.582. The Morgan fingerprint density at radius 1 is 1.03 bits per heavy atom. The molecule has 0 aliphatic carbocycles. The number of likely N-dealkylation sites (tertiary alicyclic amines) is 1. The second-order valence-corrected chi connectivity index (χ2v) is 9.14. The molecule has 0 bridgehead atoms. The van der Waals surface area contributed by atoms with Gasteiger partial charge < -0.3 is 14.4 Å². The fraction of sp³-hybridized carbons (Fsp3) is 0.423. The van der Waals surface area contributed by atoms with Crippen LogP contribution in [0, 0.1) is 0 Å². The molecule has 1 atom stereocenters. The van der Waals surface area contributed by atoms with Gasteiger partial charge in [0.05, 0.1) is 5.69 Å². The van der Waals surface area contributed by atoms with Crippen molar-refractivity contribution in [2.24, 2.45) is 7.05 Å². The predicted molar refractivity (Wildman–Crippen MR) is 126 cm³/mol. The molecular weight excluding hydrogens is 400 g/mol. The van der Waals surface area contributed by atoms with Crippen molar-refractivity contribution in [1.29, 1.82) is 0 Å². The average Bonchev–Trinajstić information content (AvgIpc) is 3.40. The van der Waals surface area contributed by atoms with E-state index in [-0.39, 0.29) is 0 Å². The monoisotopic (exact) mass is 432 g/mol. The molecule has 0 saturated carbocycles. The number of rotatable bonds is 6. The Morgan fingerprint density at radius 3 is 2.59 bits per heavy atom. The fourth-order valence-corrected chi connectivity index (χ4v) is 4.91. The molecule has 2 aliphatic rings. The average molecular weight is 433 g/mol. The van der Waals surface area contributed by atoms with Crippen molar-refractivity contribution in [3.63, 3.8) is 0 Å². The van der Waals surface area contributed by atoms with Gasteiger partial charge in [-0.3, -0.25) is 9.58 Å². The lowest BCUT2D eigenvalue weighted by Crippen LogP contribution is -2.23. The third-order valence-corrected chi connectivity index (χ3v) is 6.32. The minimum Gasteiger partial charge on any atom is -0.486 e. The number of aromatic nitrogens is 2.